The molecule has 0 saturated heterocycles. The second-order valence-electron chi connectivity index (χ2n) is 3.84. The Hall–Kier alpha value is -1.38. The minimum absolute atomic E-state index is 0.119. The van der Waals surface area contributed by atoms with E-state index in [9.17, 15) is 9.59 Å². The summed E-state index contributed by atoms with van der Waals surface area (Å²) in [5, 5.41) is 1.08. The Bertz CT molecular complexity index is 677. The lowest BCUT2D eigenvalue weighted by Gasteiger charge is -2.08. The van der Waals surface area contributed by atoms with Crippen molar-refractivity contribution < 1.29 is 4.79 Å². The number of thiophene rings is 1. The van der Waals surface area contributed by atoms with Crippen molar-refractivity contribution >= 4 is 39.2 Å². The first-order valence-electron chi connectivity index (χ1n) is 5.67. The molecule has 0 aliphatic heterocycles. The fourth-order valence-electron chi connectivity index (χ4n) is 1.71. The van der Waals surface area contributed by atoms with Crippen molar-refractivity contribution in [2.45, 2.75) is 25.0 Å². The van der Waals surface area contributed by atoms with Crippen molar-refractivity contribution in [2.24, 2.45) is 5.84 Å². The third kappa shape index (κ3) is 2.65. The largest absolute Gasteiger partial charge is 0.293 e. The molecular formula is C11H14N4O2S2. The lowest BCUT2D eigenvalue weighted by molar-refractivity contribution is -0.121. The first kappa shape index (κ1) is 14.0. The second-order valence-corrected chi connectivity index (χ2v) is 5.73. The van der Waals surface area contributed by atoms with Gasteiger partial charge in [0.05, 0.1) is 5.39 Å². The molecule has 8 heteroatoms. The highest BCUT2D eigenvalue weighted by molar-refractivity contribution is 7.98. The highest BCUT2D eigenvalue weighted by Gasteiger charge is 2.15. The van der Waals surface area contributed by atoms with E-state index in [0.29, 0.717) is 10.5 Å². The van der Waals surface area contributed by atoms with Gasteiger partial charge in [-0.15, -0.1) is 11.3 Å². The standard InChI is InChI=1S/C11H14N4O2S2/c1-3-6-4-7-9(19-6)13-11(18-2)15(10(7)17)5-8(16)14-12/h4H,3,5,12H2,1-2H3,(H,14,16). The van der Waals surface area contributed by atoms with Crippen LogP contribution < -0.4 is 16.8 Å². The van der Waals surface area contributed by atoms with Crippen molar-refractivity contribution in [3.63, 3.8) is 0 Å². The van der Waals surface area contributed by atoms with Crippen LogP contribution in [0.4, 0.5) is 0 Å². The number of carbonyl (C=O) groups excluding carboxylic acids is 1. The normalized spacial score (nSPS) is 10.9. The van der Waals surface area contributed by atoms with E-state index in [4.69, 9.17) is 5.84 Å². The number of nitrogens with one attached hydrogen (secondary N) is 1. The molecule has 2 aromatic heterocycles. The van der Waals surface area contributed by atoms with Crippen molar-refractivity contribution in [1.82, 2.24) is 15.0 Å². The maximum absolute atomic E-state index is 12.4. The van der Waals surface area contributed by atoms with Crippen LogP contribution in [0.2, 0.25) is 0 Å². The van der Waals surface area contributed by atoms with E-state index in [1.54, 1.807) is 0 Å². The van der Waals surface area contributed by atoms with Gasteiger partial charge in [-0.2, -0.15) is 0 Å². The maximum Gasteiger partial charge on any atom is 0.263 e. The van der Waals surface area contributed by atoms with Crippen LogP contribution in [0.3, 0.4) is 0 Å². The van der Waals surface area contributed by atoms with E-state index < -0.39 is 5.91 Å². The third-order valence-corrected chi connectivity index (χ3v) is 4.51. The molecule has 0 atom stereocenters. The number of hydrogen-bond acceptors (Lipinski definition) is 6. The van der Waals surface area contributed by atoms with E-state index in [1.807, 2.05) is 24.7 Å². The highest BCUT2D eigenvalue weighted by Crippen LogP contribution is 2.24. The van der Waals surface area contributed by atoms with Crippen LogP contribution in [0, 0.1) is 0 Å². The number of fused-ring (bicyclic) bond motifs is 1. The van der Waals surface area contributed by atoms with Crippen LogP contribution in [-0.4, -0.2) is 21.7 Å². The molecule has 2 aromatic rings. The van der Waals surface area contributed by atoms with Crippen molar-refractivity contribution in [2.75, 3.05) is 6.26 Å². The van der Waals surface area contributed by atoms with Crippen LogP contribution in [0.15, 0.2) is 16.0 Å². The quantitative estimate of drug-likeness (QED) is 0.285. The number of nitrogens with two attached hydrogens (primary N) is 1. The molecule has 0 bridgehead atoms. The minimum Gasteiger partial charge on any atom is -0.293 e. The number of aryl methyl sites for hydroxylation is 1. The van der Waals surface area contributed by atoms with E-state index >= 15 is 0 Å². The number of carbonyl (C=O) groups is 1. The summed E-state index contributed by atoms with van der Waals surface area (Å²) >= 11 is 2.84. The lowest BCUT2D eigenvalue weighted by atomic mass is 10.3. The first-order valence-corrected chi connectivity index (χ1v) is 7.71. The molecule has 0 fully saturated rings. The number of hydrazine groups is 1. The van der Waals surface area contributed by atoms with Crippen LogP contribution in [0.5, 0.6) is 0 Å². The van der Waals surface area contributed by atoms with E-state index in [2.05, 4.69) is 4.98 Å². The summed E-state index contributed by atoms with van der Waals surface area (Å²) in [6.45, 7) is 1.91. The number of amides is 1. The molecule has 0 spiro atoms. The molecule has 0 saturated carbocycles. The Morgan fingerprint density at radius 1 is 1.63 bits per heavy atom. The zero-order valence-electron chi connectivity index (χ0n) is 10.6. The summed E-state index contributed by atoms with van der Waals surface area (Å²) in [6, 6.07) is 1.84. The predicted molar refractivity (Wildman–Crippen MR) is 77.4 cm³/mol. The van der Waals surface area contributed by atoms with Gasteiger partial charge in [-0.1, -0.05) is 18.7 Å². The molecular weight excluding hydrogens is 284 g/mol. The van der Waals surface area contributed by atoms with Crippen molar-refractivity contribution in [3.05, 3.63) is 21.3 Å². The minimum atomic E-state index is -0.426. The SMILES string of the molecule is CCc1cc2c(=O)n(CC(=O)NN)c(SC)nc2s1. The van der Waals surface area contributed by atoms with Crippen LogP contribution in [0.1, 0.15) is 11.8 Å². The number of thioether (sulfide) groups is 1. The average molecular weight is 298 g/mol. The summed E-state index contributed by atoms with van der Waals surface area (Å²) in [4.78, 5) is 30.0. The Balaban J connectivity index is 2.64. The molecule has 0 radical (unpaired) electrons. The topological polar surface area (TPSA) is 90.0 Å². The Kier molecular flexibility index (Phi) is 4.23. The average Bonchev–Trinajstić information content (AvgIpc) is 2.84. The number of hydrogen-bond donors (Lipinski definition) is 2. The Morgan fingerprint density at radius 3 is 2.95 bits per heavy atom. The molecule has 2 heterocycles. The van der Waals surface area contributed by atoms with Gasteiger partial charge in [-0.05, 0) is 18.7 Å². The zero-order valence-corrected chi connectivity index (χ0v) is 12.2. The monoisotopic (exact) mass is 298 g/mol. The van der Waals surface area contributed by atoms with Crippen LogP contribution in [-0.2, 0) is 17.8 Å². The smallest absolute Gasteiger partial charge is 0.263 e. The van der Waals surface area contributed by atoms with E-state index in [1.165, 1.54) is 27.7 Å². The molecule has 6 nitrogen and oxygen atoms in total. The predicted octanol–water partition coefficient (Wildman–Crippen LogP) is 0.732. The molecule has 0 aromatic carbocycles. The summed E-state index contributed by atoms with van der Waals surface area (Å²) in [7, 11) is 0. The van der Waals surface area contributed by atoms with Gasteiger partial charge < -0.3 is 0 Å². The molecule has 0 aliphatic carbocycles. The van der Waals surface area contributed by atoms with Gasteiger partial charge in [0.25, 0.3) is 11.5 Å². The summed E-state index contributed by atoms with van der Waals surface area (Å²) in [5.74, 6) is 4.63. The van der Waals surface area contributed by atoms with Crippen LogP contribution >= 0.6 is 23.1 Å². The molecule has 0 aliphatic rings. The highest BCUT2D eigenvalue weighted by atomic mass is 32.2. The maximum atomic E-state index is 12.4. The van der Waals surface area contributed by atoms with Gasteiger partial charge >= 0.3 is 0 Å². The van der Waals surface area contributed by atoms with Gasteiger partial charge in [0, 0.05) is 4.88 Å². The number of aromatic nitrogens is 2. The van der Waals surface area contributed by atoms with Crippen molar-refractivity contribution in [3.8, 4) is 0 Å². The summed E-state index contributed by atoms with van der Waals surface area (Å²) < 4.78 is 1.35. The van der Waals surface area contributed by atoms with Gasteiger partial charge in [-0.3, -0.25) is 19.6 Å². The van der Waals surface area contributed by atoms with Gasteiger partial charge in [0.15, 0.2) is 5.16 Å². The van der Waals surface area contributed by atoms with Crippen LogP contribution in [0.25, 0.3) is 10.2 Å². The molecule has 0 unspecified atom stereocenters. The Labute approximate surface area is 118 Å². The fraction of sp³-hybridized carbons (Fsp3) is 0.364. The number of nitrogens with zero attached hydrogens (tertiary/aromatic N) is 2. The molecule has 2 rings (SSSR count). The number of rotatable bonds is 4. The van der Waals surface area contributed by atoms with Gasteiger partial charge in [-0.25, -0.2) is 10.8 Å². The summed E-state index contributed by atoms with van der Waals surface area (Å²) in [5.41, 5.74) is 1.82. The second kappa shape index (κ2) is 5.72. The zero-order chi connectivity index (χ0) is 14.0. The molecule has 3 N–H and O–H groups in total. The lowest BCUT2D eigenvalue weighted by Crippen LogP contribution is -2.37. The molecule has 102 valence electrons. The van der Waals surface area contributed by atoms with E-state index in [0.717, 1.165) is 16.1 Å². The first-order chi connectivity index (χ1) is 9.10. The van der Waals surface area contributed by atoms with Crippen molar-refractivity contribution in [1.29, 1.82) is 0 Å². The fourth-order valence-corrected chi connectivity index (χ4v) is 3.27. The van der Waals surface area contributed by atoms with E-state index in [-0.39, 0.29) is 12.1 Å². The van der Waals surface area contributed by atoms with Gasteiger partial charge in [0.1, 0.15) is 11.4 Å². The molecule has 1 amide bonds. The van der Waals surface area contributed by atoms with Gasteiger partial charge in [0.2, 0.25) is 0 Å². The molecule has 19 heavy (non-hydrogen) atoms. The Morgan fingerprint density at radius 2 is 2.37 bits per heavy atom. The summed E-state index contributed by atoms with van der Waals surface area (Å²) in [6.07, 6.45) is 2.68. The third-order valence-electron chi connectivity index (χ3n) is 2.66.